The summed E-state index contributed by atoms with van der Waals surface area (Å²) >= 11 is 1.49. The molecular weight excluding hydrogens is 299 g/mol. The molecule has 0 aliphatic carbocycles. The first-order chi connectivity index (χ1) is 9.44. The molecule has 0 amide bonds. The number of hydrogen-bond donors (Lipinski definition) is 2. The molecular formula is C13H15FN2O2S2. The second-order valence-electron chi connectivity index (χ2n) is 4.36. The molecule has 4 nitrogen and oxygen atoms in total. The highest BCUT2D eigenvalue weighted by atomic mass is 32.2. The van der Waals surface area contributed by atoms with Crippen LogP contribution < -0.4 is 10.5 Å². The van der Waals surface area contributed by atoms with Crippen LogP contribution in [0.2, 0.25) is 0 Å². The zero-order valence-electron chi connectivity index (χ0n) is 10.8. The summed E-state index contributed by atoms with van der Waals surface area (Å²) in [6.07, 6.45) is 0. The van der Waals surface area contributed by atoms with Gasteiger partial charge in [0.15, 0.2) is 0 Å². The summed E-state index contributed by atoms with van der Waals surface area (Å²) in [6.45, 7) is 1.77. The van der Waals surface area contributed by atoms with Crippen molar-refractivity contribution in [3.8, 4) is 0 Å². The Kier molecular flexibility index (Phi) is 4.54. The van der Waals surface area contributed by atoms with Crippen LogP contribution in [0.1, 0.15) is 24.1 Å². The van der Waals surface area contributed by atoms with Crippen LogP contribution in [0, 0.1) is 5.82 Å². The average molecular weight is 314 g/mol. The molecule has 0 aliphatic rings. The first kappa shape index (κ1) is 15.1. The average Bonchev–Trinajstić information content (AvgIpc) is 2.92. The normalized spacial score (nSPS) is 13.3. The highest BCUT2D eigenvalue weighted by Crippen LogP contribution is 2.21. The predicted molar refractivity (Wildman–Crippen MR) is 77.3 cm³/mol. The van der Waals surface area contributed by atoms with Gasteiger partial charge in [-0.15, -0.1) is 0 Å². The molecule has 2 rings (SSSR count). The molecule has 0 aliphatic heterocycles. The minimum absolute atomic E-state index is 0.0311. The lowest BCUT2D eigenvalue weighted by Crippen LogP contribution is -2.28. The molecule has 20 heavy (non-hydrogen) atoms. The molecule has 0 spiro atoms. The molecule has 0 bridgehead atoms. The van der Waals surface area contributed by atoms with E-state index in [4.69, 9.17) is 5.73 Å². The number of rotatable bonds is 5. The maximum absolute atomic E-state index is 13.3. The molecule has 1 heterocycles. The van der Waals surface area contributed by atoms with Gasteiger partial charge in [0.1, 0.15) is 5.82 Å². The van der Waals surface area contributed by atoms with E-state index in [-0.39, 0.29) is 17.5 Å². The van der Waals surface area contributed by atoms with Crippen molar-refractivity contribution >= 4 is 21.4 Å². The van der Waals surface area contributed by atoms with Crippen molar-refractivity contribution in [2.45, 2.75) is 24.4 Å². The third-order valence-electron chi connectivity index (χ3n) is 2.91. The highest BCUT2D eigenvalue weighted by Gasteiger charge is 2.22. The lowest BCUT2D eigenvalue weighted by molar-refractivity contribution is 0.562. The van der Waals surface area contributed by atoms with Gasteiger partial charge in [-0.05, 0) is 47.0 Å². The van der Waals surface area contributed by atoms with Gasteiger partial charge in [0.2, 0.25) is 10.0 Å². The molecule has 7 heteroatoms. The fourth-order valence-corrected chi connectivity index (χ4v) is 4.08. The van der Waals surface area contributed by atoms with Crippen LogP contribution in [0.3, 0.4) is 0 Å². The van der Waals surface area contributed by atoms with Gasteiger partial charge in [-0.25, -0.2) is 17.5 Å². The SMILES string of the molecule is CC(NS(=O)(=O)c1cc(F)ccc1CN)c1ccsc1. The smallest absolute Gasteiger partial charge is 0.241 e. The number of thiophene rings is 1. The van der Waals surface area contributed by atoms with Crippen LogP contribution in [-0.4, -0.2) is 8.42 Å². The van der Waals surface area contributed by atoms with Crippen molar-refractivity contribution in [1.29, 1.82) is 0 Å². The monoisotopic (exact) mass is 314 g/mol. The van der Waals surface area contributed by atoms with E-state index in [9.17, 15) is 12.8 Å². The number of sulfonamides is 1. The molecule has 1 aromatic heterocycles. The minimum atomic E-state index is -3.82. The van der Waals surface area contributed by atoms with Crippen LogP contribution >= 0.6 is 11.3 Å². The van der Waals surface area contributed by atoms with Gasteiger partial charge in [0, 0.05) is 12.6 Å². The Morgan fingerprint density at radius 3 is 2.75 bits per heavy atom. The fraction of sp³-hybridized carbons (Fsp3) is 0.231. The van der Waals surface area contributed by atoms with E-state index in [0.29, 0.717) is 5.56 Å². The van der Waals surface area contributed by atoms with Gasteiger partial charge in [0.25, 0.3) is 0 Å². The number of hydrogen-bond acceptors (Lipinski definition) is 4. The standard InChI is InChI=1S/C13H15FN2O2S2/c1-9(11-4-5-19-8-11)16-20(17,18)13-6-12(14)3-2-10(13)7-15/h2-6,8-9,16H,7,15H2,1H3. The molecule has 0 saturated heterocycles. The van der Waals surface area contributed by atoms with Crippen molar-refractivity contribution < 1.29 is 12.8 Å². The van der Waals surface area contributed by atoms with Gasteiger partial charge in [-0.1, -0.05) is 6.07 Å². The maximum atomic E-state index is 13.3. The Balaban J connectivity index is 2.33. The first-order valence-electron chi connectivity index (χ1n) is 5.97. The molecule has 1 atom stereocenters. The Hall–Kier alpha value is -1.28. The lowest BCUT2D eigenvalue weighted by atomic mass is 10.2. The van der Waals surface area contributed by atoms with Gasteiger partial charge >= 0.3 is 0 Å². The molecule has 108 valence electrons. The van der Waals surface area contributed by atoms with Gasteiger partial charge in [0.05, 0.1) is 4.90 Å². The molecule has 0 radical (unpaired) electrons. The van der Waals surface area contributed by atoms with Gasteiger partial charge < -0.3 is 5.73 Å². The molecule has 3 N–H and O–H groups in total. The second-order valence-corrected chi connectivity index (χ2v) is 6.82. The largest absolute Gasteiger partial charge is 0.326 e. The topological polar surface area (TPSA) is 72.2 Å². The van der Waals surface area contributed by atoms with Crippen LogP contribution in [0.25, 0.3) is 0 Å². The fourth-order valence-electron chi connectivity index (χ4n) is 1.83. The second kappa shape index (κ2) is 6.01. The molecule has 2 aromatic rings. The highest BCUT2D eigenvalue weighted by molar-refractivity contribution is 7.89. The summed E-state index contributed by atoms with van der Waals surface area (Å²) in [4.78, 5) is -0.109. The molecule has 1 unspecified atom stereocenters. The van der Waals surface area contributed by atoms with Crippen molar-refractivity contribution in [3.63, 3.8) is 0 Å². The van der Waals surface area contributed by atoms with Crippen LogP contribution in [-0.2, 0) is 16.6 Å². The van der Waals surface area contributed by atoms with E-state index in [1.54, 1.807) is 6.92 Å². The van der Waals surface area contributed by atoms with E-state index in [2.05, 4.69) is 4.72 Å². The summed E-state index contributed by atoms with van der Waals surface area (Å²) in [5.74, 6) is -0.606. The third-order valence-corrected chi connectivity index (χ3v) is 5.24. The van der Waals surface area contributed by atoms with E-state index in [0.717, 1.165) is 11.6 Å². The summed E-state index contributed by atoms with van der Waals surface area (Å²) in [7, 11) is -3.82. The summed E-state index contributed by atoms with van der Waals surface area (Å²) in [6, 6.07) is 5.03. The molecule has 0 fully saturated rings. The summed E-state index contributed by atoms with van der Waals surface area (Å²) < 4.78 is 40.5. The summed E-state index contributed by atoms with van der Waals surface area (Å²) in [5.41, 5.74) is 6.76. The van der Waals surface area contributed by atoms with Crippen LogP contribution in [0.15, 0.2) is 39.9 Å². The van der Waals surface area contributed by atoms with Crippen molar-refractivity contribution in [1.82, 2.24) is 4.72 Å². The first-order valence-corrected chi connectivity index (χ1v) is 8.39. The van der Waals surface area contributed by atoms with Crippen LogP contribution in [0.4, 0.5) is 4.39 Å². The maximum Gasteiger partial charge on any atom is 0.241 e. The minimum Gasteiger partial charge on any atom is -0.326 e. The Morgan fingerprint density at radius 2 is 2.15 bits per heavy atom. The van der Waals surface area contributed by atoms with Gasteiger partial charge in [-0.2, -0.15) is 11.3 Å². The Labute approximate surface area is 121 Å². The predicted octanol–water partition coefficient (Wildman–Crippen LogP) is 2.39. The van der Waals surface area contributed by atoms with Gasteiger partial charge in [-0.3, -0.25) is 0 Å². The number of nitrogens with one attached hydrogen (secondary N) is 1. The van der Waals surface area contributed by atoms with E-state index < -0.39 is 15.8 Å². The lowest BCUT2D eigenvalue weighted by Gasteiger charge is -2.15. The zero-order valence-corrected chi connectivity index (χ0v) is 12.5. The number of benzene rings is 1. The quantitative estimate of drug-likeness (QED) is 0.890. The van der Waals surface area contributed by atoms with Crippen molar-refractivity contribution in [2.24, 2.45) is 5.73 Å². The van der Waals surface area contributed by atoms with Crippen molar-refractivity contribution in [2.75, 3.05) is 0 Å². The zero-order chi connectivity index (χ0) is 14.8. The van der Waals surface area contributed by atoms with Crippen molar-refractivity contribution in [3.05, 3.63) is 52.0 Å². The molecule has 1 aromatic carbocycles. The number of halogens is 1. The number of nitrogens with two attached hydrogens (primary N) is 1. The molecule has 0 saturated carbocycles. The van der Waals surface area contributed by atoms with E-state index >= 15 is 0 Å². The van der Waals surface area contributed by atoms with E-state index in [1.165, 1.54) is 23.5 Å². The third kappa shape index (κ3) is 3.24. The van der Waals surface area contributed by atoms with E-state index in [1.807, 2.05) is 16.8 Å². The Morgan fingerprint density at radius 1 is 1.40 bits per heavy atom. The van der Waals surface area contributed by atoms with Crippen LogP contribution in [0.5, 0.6) is 0 Å². The summed E-state index contributed by atoms with van der Waals surface area (Å²) in [5, 5.41) is 3.73. The Bertz CT molecular complexity index is 684.